The number of H-pyrrole nitrogens is 1. The summed E-state index contributed by atoms with van der Waals surface area (Å²) >= 11 is 3.31. The zero-order valence-corrected chi connectivity index (χ0v) is 8.85. The van der Waals surface area contributed by atoms with Crippen molar-refractivity contribution in [3.05, 3.63) is 39.1 Å². The minimum atomic E-state index is -0.0590. The van der Waals surface area contributed by atoms with E-state index in [1.807, 2.05) is 12.1 Å². The van der Waals surface area contributed by atoms with Crippen molar-refractivity contribution in [2.24, 2.45) is 0 Å². The van der Waals surface area contributed by atoms with Crippen LogP contribution in [0.1, 0.15) is 0 Å². The van der Waals surface area contributed by atoms with E-state index in [0.717, 1.165) is 9.99 Å². The Morgan fingerprint density at radius 2 is 2.15 bits per heavy atom. The third-order valence-corrected chi connectivity index (χ3v) is 2.11. The molecule has 0 saturated carbocycles. The van der Waals surface area contributed by atoms with Gasteiger partial charge in [-0.1, -0.05) is 15.9 Å². The predicted molar refractivity (Wildman–Crippen MR) is 57.3 cm³/mol. The van der Waals surface area contributed by atoms with Crippen molar-refractivity contribution in [2.45, 2.75) is 0 Å². The molecule has 1 aromatic carbocycles. The highest BCUT2D eigenvalue weighted by Crippen LogP contribution is 2.13. The van der Waals surface area contributed by atoms with Gasteiger partial charge in [-0.15, -0.1) is 12.4 Å². The van der Waals surface area contributed by atoms with Crippen LogP contribution in [0, 0.1) is 0 Å². The lowest BCUT2D eigenvalue weighted by molar-refractivity contribution is 1.06. The van der Waals surface area contributed by atoms with E-state index in [0.29, 0.717) is 5.39 Å². The van der Waals surface area contributed by atoms with Gasteiger partial charge in [0.1, 0.15) is 0 Å². The van der Waals surface area contributed by atoms with Crippen molar-refractivity contribution >= 4 is 39.2 Å². The quantitative estimate of drug-likeness (QED) is 0.789. The fraction of sp³-hybridized carbons (Fsp3) is 0. The molecule has 0 atom stereocenters. The molecule has 3 nitrogen and oxygen atoms in total. The normalized spacial score (nSPS) is 9.62. The Labute approximate surface area is 88.7 Å². The number of benzene rings is 1. The molecule has 1 aromatic heterocycles. The zero-order chi connectivity index (χ0) is 8.55. The average molecular weight is 262 g/mol. The molecule has 0 radical (unpaired) electrons. The molecule has 0 aliphatic heterocycles. The lowest BCUT2D eigenvalue weighted by Gasteiger charge is -1.95. The SMILES string of the molecule is Cl.O=c1cn[nH]c2cc(Br)ccc12. The van der Waals surface area contributed by atoms with E-state index in [4.69, 9.17) is 0 Å². The highest BCUT2D eigenvalue weighted by molar-refractivity contribution is 9.10. The number of rotatable bonds is 0. The Balaban J connectivity index is 0.000000845. The summed E-state index contributed by atoms with van der Waals surface area (Å²) in [5.41, 5.74) is 0.688. The van der Waals surface area contributed by atoms with Gasteiger partial charge >= 0.3 is 0 Å². The van der Waals surface area contributed by atoms with Crippen molar-refractivity contribution in [3.8, 4) is 0 Å². The van der Waals surface area contributed by atoms with Crippen LogP contribution in [0.5, 0.6) is 0 Å². The van der Waals surface area contributed by atoms with Gasteiger partial charge in [-0.05, 0) is 18.2 Å². The van der Waals surface area contributed by atoms with Crippen LogP contribution in [-0.2, 0) is 0 Å². The van der Waals surface area contributed by atoms with Gasteiger partial charge < -0.3 is 0 Å². The Kier molecular flexibility index (Phi) is 3.06. The first-order valence-corrected chi connectivity index (χ1v) is 4.19. The molecule has 0 aliphatic carbocycles. The lowest BCUT2D eigenvalue weighted by Crippen LogP contribution is -2.02. The summed E-state index contributed by atoms with van der Waals surface area (Å²) in [6.45, 7) is 0. The van der Waals surface area contributed by atoms with E-state index < -0.39 is 0 Å². The van der Waals surface area contributed by atoms with Crippen molar-refractivity contribution in [1.82, 2.24) is 10.2 Å². The highest BCUT2D eigenvalue weighted by Gasteiger charge is 1.97. The molecular weight excluding hydrogens is 255 g/mol. The lowest BCUT2D eigenvalue weighted by atomic mass is 10.2. The Bertz CT molecular complexity index is 483. The van der Waals surface area contributed by atoms with E-state index in [1.54, 1.807) is 6.07 Å². The summed E-state index contributed by atoms with van der Waals surface area (Å²) in [5, 5.41) is 7.11. The standard InChI is InChI=1S/C8H5BrN2O.ClH/c9-5-1-2-6-7(3-5)11-10-4-8(6)12;/h1-4H,(H,11,12);1H. The molecule has 0 aliphatic rings. The van der Waals surface area contributed by atoms with Crippen LogP contribution >= 0.6 is 28.3 Å². The number of nitrogens with one attached hydrogen (secondary N) is 1. The van der Waals surface area contributed by atoms with Gasteiger partial charge in [0, 0.05) is 9.86 Å². The highest BCUT2D eigenvalue weighted by atomic mass is 79.9. The van der Waals surface area contributed by atoms with Crippen LogP contribution in [0.2, 0.25) is 0 Å². The van der Waals surface area contributed by atoms with E-state index in [-0.39, 0.29) is 17.8 Å². The fourth-order valence-corrected chi connectivity index (χ4v) is 1.41. The maximum Gasteiger partial charge on any atom is 0.207 e. The van der Waals surface area contributed by atoms with E-state index in [2.05, 4.69) is 26.1 Å². The van der Waals surface area contributed by atoms with Crippen LogP contribution < -0.4 is 5.43 Å². The van der Waals surface area contributed by atoms with Crippen LogP contribution in [0.3, 0.4) is 0 Å². The minimum Gasteiger partial charge on any atom is -0.287 e. The van der Waals surface area contributed by atoms with Crippen LogP contribution in [0.25, 0.3) is 10.9 Å². The Morgan fingerprint density at radius 1 is 1.38 bits per heavy atom. The van der Waals surface area contributed by atoms with E-state index in [1.165, 1.54) is 6.20 Å². The van der Waals surface area contributed by atoms with Crippen molar-refractivity contribution < 1.29 is 0 Å². The number of hydrogen-bond acceptors (Lipinski definition) is 2. The third-order valence-electron chi connectivity index (χ3n) is 1.61. The first-order chi connectivity index (χ1) is 5.77. The summed E-state index contributed by atoms with van der Waals surface area (Å²) in [6, 6.07) is 5.42. The number of halogens is 2. The molecule has 2 rings (SSSR count). The van der Waals surface area contributed by atoms with Gasteiger partial charge in [0.2, 0.25) is 5.43 Å². The topological polar surface area (TPSA) is 45.8 Å². The Morgan fingerprint density at radius 3 is 2.92 bits per heavy atom. The summed E-state index contributed by atoms with van der Waals surface area (Å²) in [6.07, 6.45) is 1.27. The largest absolute Gasteiger partial charge is 0.287 e. The first-order valence-electron chi connectivity index (χ1n) is 3.40. The number of aromatic nitrogens is 2. The summed E-state index contributed by atoms with van der Waals surface area (Å²) in [7, 11) is 0. The number of fused-ring (bicyclic) bond motifs is 1. The molecule has 0 amide bonds. The van der Waals surface area contributed by atoms with Gasteiger partial charge in [0.05, 0.1) is 11.7 Å². The molecule has 13 heavy (non-hydrogen) atoms. The maximum absolute atomic E-state index is 11.2. The van der Waals surface area contributed by atoms with Gasteiger partial charge in [0.25, 0.3) is 0 Å². The molecule has 5 heteroatoms. The number of hydrogen-bond donors (Lipinski definition) is 1. The maximum atomic E-state index is 11.2. The van der Waals surface area contributed by atoms with Gasteiger partial charge in [-0.25, -0.2) is 0 Å². The van der Waals surface area contributed by atoms with Crippen molar-refractivity contribution in [1.29, 1.82) is 0 Å². The zero-order valence-electron chi connectivity index (χ0n) is 6.45. The molecule has 0 bridgehead atoms. The van der Waals surface area contributed by atoms with Crippen LogP contribution in [-0.4, -0.2) is 10.2 Å². The molecule has 2 aromatic rings. The van der Waals surface area contributed by atoms with Gasteiger partial charge in [0.15, 0.2) is 0 Å². The van der Waals surface area contributed by atoms with Crippen molar-refractivity contribution in [3.63, 3.8) is 0 Å². The second kappa shape index (κ2) is 3.89. The predicted octanol–water partition coefficient (Wildman–Crippen LogP) is 2.11. The summed E-state index contributed by atoms with van der Waals surface area (Å²) in [5.74, 6) is 0. The number of nitrogens with zero attached hydrogens (tertiary/aromatic N) is 1. The molecule has 1 N–H and O–H groups in total. The molecule has 0 saturated heterocycles. The second-order valence-corrected chi connectivity index (χ2v) is 3.34. The number of aromatic amines is 1. The summed E-state index contributed by atoms with van der Waals surface area (Å²) < 4.78 is 0.929. The first kappa shape index (κ1) is 10.2. The molecule has 0 spiro atoms. The van der Waals surface area contributed by atoms with Gasteiger partial charge in [-0.3, -0.25) is 9.89 Å². The fourth-order valence-electron chi connectivity index (χ4n) is 1.05. The monoisotopic (exact) mass is 260 g/mol. The third kappa shape index (κ3) is 1.89. The Hall–Kier alpha value is -0.870. The second-order valence-electron chi connectivity index (χ2n) is 2.42. The van der Waals surface area contributed by atoms with Crippen LogP contribution in [0.4, 0.5) is 0 Å². The van der Waals surface area contributed by atoms with Crippen LogP contribution in [0.15, 0.2) is 33.7 Å². The molecule has 0 unspecified atom stereocenters. The average Bonchev–Trinajstić information content (AvgIpc) is 2.04. The molecule has 68 valence electrons. The molecular formula is C8H6BrClN2O. The van der Waals surface area contributed by atoms with Crippen molar-refractivity contribution in [2.75, 3.05) is 0 Å². The van der Waals surface area contributed by atoms with Gasteiger partial charge in [-0.2, -0.15) is 5.10 Å². The smallest absolute Gasteiger partial charge is 0.207 e. The van der Waals surface area contributed by atoms with E-state index in [9.17, 15) is 4.79 Å². The molecule has 0 fully saturated rings. The summed E-state index contributed by atoms with van der Waals surface area (Å²) in [4.78, 5) is 11.2. The van der Waals surface area contributed by atoms with E-state index >= 15 is 0 Å². The molecule has 1 heterocycles. The minimum absolute atomic E-state index is 0.